The van der Waals surface area contributed by atoms with Crippen molar-refractivity contribution in [1.29, 1.82) is 0 Å². The minimum Gasteiger partial charge on any atom is -0.423 e. The summed E-state index contributed by atoms with van der Waals surface area (Å²) in [5, 5.41) is 17.6. The summed E-state index contributed by atoms with van der Waals surface area (Å²) in [6, 6.07) is 5.60. The molecule has 0 fully saturated rings. The van der Waals surface area contributed by atoms with Crippen LogP contribution in [0, 0.1) is 0 Å². The molecular formula is C8H9BO2. The van der Waals surface area contributed by atoms with Gasteiger partial charge in [-0.3, -0.25) is 0 Å². The lowest BCUT2D eigenvalue weighted by Crippen LogP contribution is -2.31. The maximum Gasteiger partial charge on any atom is 0.488 e. The van der Waals surface area contributed by atoms with Gasteiger partial charge in [-0.15, -0.1) is 0 Å². The first kappa shape index (κ1) is 6.89. The van der Waals surface area contributed by atoms with E-state index in [1.54, 1.807) is 6.07 Å². The first-order valence-corrected chi connectivity index (χ1v) is 3.75. The molecule has 0 unspecified atom stereocenters. The molecule has 0 saturated heterocycles. The minimum absolute atomic E-state index is 0.600. The Kier molecular flexibility index (Phi) is 1.48. The van der Waals surface area contributed by atoms with E-state index in [4.69, 9.17) is 10.0 Å². The van der Waals surface area contributed by atoms with Crippen molar-refractivity contribution in [1.82, 2.24) is 0 Å². The minimum atomic E-state index is -1.32. The van der Waals surface area contributed by atoms with Crippen molar-refractivity contribution < 1.29 is 10.0 Å². The van der Waals surface area contributed by atoms with E-state index < -0.39 is 7.12 Å². The van der Waals surface area contributed by atoms with Crippen LogP contribution in [0.5, 0.6) is 0 Å². The summed E-state index contributed by atoms with van der Waals surface area (Å²) in [4.78, 5) is 0. The number of aryl methyl sites for hydroxylation is 2. The van der Waals surface area contributed by atoms with Gasteiger partial charge in [0.1, 0.15) is 0 Å². The van der Waals surface area contributed by atoms with Crippen LogP contribution in [0.15, 0.2) is 18.2 Å². The zero-order valence-corrected chi connectivity index (χ0v) is 6.12. The van der Waals surface area contributed by atoms with Crippen molar-refractivity contribution in [2.45, 2.75) is 12.8 Å². The molecule has 3 heteroatoms. The van der Waals surface area contributed by atoms with Crippen LogP contribution in [0.4, 0.5) is 0 Å². The molecule has 56 valence electrons. The van der Waals surface area contributed by atoms with Crippen molar-refractivity contribution in [3.8, 4) is 0 Å². The van der Waals surface area contributed by atoms with Gasteiger partial charge in [0.05, 0.1) is 0 Å². The lowest BCUT2D eigenvalue weighted by molar-refractivity contribution is 0.425. The molecule has 0 spiro atoms. The van der Waals surface area contributed by atoms with Gasteiger partial charge in [-0.25, -0.2) is 0 Å². The summed E-state index contributed by atoms with van der Waals surface area (Å²) in [7, 11) is -1.32. The molecule has 1 aromatic rings. The zero-order valence-electron chi connectivity index (χ0n) is 6.12. The monoisotopic (exact) mass is 148 g/mol. The van der Waals surface area contributed by atoms with E-state index in [2.05, 4.69) is 0 Å². The van der Waals surface area contributed by atoms with Crippen LogP contribution in [0.25, 0.3) is 0 Å². The Labute approximate surface area is 65.6 Å². The van der Waals surface area contributed by atoms with Gasteiger partial charge in [-0.1, -0.05) is 18.2 Å². The molecule has 2 N–H and O–H groups in total. The average molecular weight is 148 g/mol. The molecule has 0 bridgehead atoms. The molecule has 1 aromatic carbocycles. The number of rotatable bonds is 1. The van der Waals surface area contributed by atoms with Crippen molar-refractivity contribution in [2.75, 3.05) is 0 Å². The van der Waals surface area contributed by atoms with Gasteiger partial charge >= 0.3 is 7.12 Å². The number of benzene rings is 1. The van der Waals surface area contributed by atoms with Gasteiger partial charge in [0, 0.05) is 0 Å². The smallest absolute Gasteiger partial charge is 0.423 e. The van der Waals surface area contributed by atoms with Gasteiger partial charge in [0.25, 0.3) is 0 Å². The maximum absolute atomic E-state index is 8.82. The first-order chi connectivity index (χ1) is 5.27. The highest BCUT2D eigenvalue weighted by Gasteiger charge is 2.17. The quantitative estimate of drug-likeness (QED) is 0.525. The standard InChI is InChI=1S/C8H9BO2/c10-9(11)8-4-3-6-1-2-7(6)5-8/h3-5,10-11H,1-2H2. The second-order valence-electron chi connectivity index (χ2n) is 2.90. The molecule has 0 saturated carbocycles. The predicted molar refractivity (Wildman–Crippen MR) is 43.7 cm³/mol. The number of hydrogen-bond acceptors (Lipinski definition) is 2. The highest BCUT2D eigenvalue weighted by atomic mass is 16.4. The van der Waals surface area contributed by atoms with Crippen LogP contribution in [-0.2, 0) is 12.8 Å². The lowest BCUT2D eigenvalue weighted by atomic mass is 9.75. The maximum atomic E-state index is 8.82. The normalized spacial score (nSPS) is 13.6. The number of hydrogen-bond donors (Lipinski definition) is 2. The van der Waals surface area contributed by atoms with Crippen LogP contribution < -0.4 is 5.46 Å². The summed E-state index contributed by atoms with van der Waals surface area (Å²) in [6.45, 7) is 0. The summed E-state index contributed by atoms with van der Waals surface area (Å²) in [5.74, 6) is 0. The van der Waals surface area contributed by atoms with Crippen LogP contribution in [0.1, 0.15) is 11.1 Å². The summed E-state index contributed by atoms with van der Waals surface area (Å²) in [6.07, 6.45) is 2.22. The van der Waals surface area contributed by atoms with E-state index in [-0.39, 0.29) is 0 Å². The highest BCUT2D eigenvalue weighted by Crippen LogP contribution is 2.20. The average Bonchev–Trinajstić information content (AvgIpc) is 1.91. The van der Waals surface area contributed by atoms with Crippen LogP contribution in [0.3, 0.4) is 0 Å². The van der Waals surface area contributed by atoms with Crippen molar-refractivity contribution in [2.24, 2.45) is 0 Å². The Bertz CT molecular complexity index is 283. The van der Waals surface area contributed by atoms with Gasteiger partial charge < -0.3 is 10.0 Å². The van der Waals surface area contributed by atoms with Gasteiger partial charge in [-0.05, 0) is 29.4 Å². The van der Waals surface area contributed by atoms with Crippen molar-refractivity contribution >= 4 is 12.6 Å². The topological polar surface area (TPSA) is 40.5 Å². The Morgan fingerprint density at radius 3 is 2.27 bits per heavy atom. The molecule has 0 amide bonds. The van der Waals surface area contributed by atoms with E-state index in [1.165, 1.54) is 11.1 Å². The second kappa shape index (κ2) is 2.36. The van der Waals surface area contributed by atoms with Gasteiger partial charge in [0.15, 0.2) is 0 Å². The third-order valence-electron chi connectivity index (χ3n) is 2.19. The van der Waals surface area contributed by atoms with E-state index >= 15 is 0 Å². The van der Waals surface area contributed by atoms with Crippen LogP contribution in [-0.4, -0.2) is 17.2 Å². The Balaban J connectivity index is 2.38. The Morgan fingerprint density at radius 2 is 1.82 bits per heavy atom. The van der Waals surface area contributed by atoms with Gasteiger partial charge in [-0.2, -0.15) is 0 Å². The first-order valence-electron chi connectivity index (χ1n) is 3.75. The largest absolute Gasteiger partial charge is 0.488 e. The second-order valence-corrected chi connectivity index (χ2v) is 2.90. The Hall–Kier alpha value is -0.795. The number of fused-ring (bicyclic) bond motifs is 1. The molecule has 2 rings (SSSR count). The van der Waals surface area contributed by atoms with E-state index in [9.17, 15) is 0 Å². The molecule has 0 atom stereocenters. The predicted octanol–water partition coefficient (Wildman–Crippen LogP) is -0.535. The fourth-order valence-corrected chi connectivity index (χ4v) is 1.38. The molecular weight excluding hydrogens is 139 g/mol. The van der Waals surface area contributed by atoms with Crippen LogP contribution in [0.2, 0.25) is 0 Å². The fraction of sp³-hybridized carbons (Fsp3) is 0.250. The summed E-state index contributed by atoms with van der Waals surface area (Å²) in [5.41, 5.74) is 3.20. The SMILES string of the molecule is OB(O)c1ccc2c(c1)CC2. The molecule has 2 nitrogen and oxygen atoms in total. The highest BCUT2D eigenvalue weighted by molar-refractivity contribution is 6.58. The van der Waals surface area contributed by atoms with Gasteiger partial charge in [0.2, 0.25) is 0 Å². The molecule has 0 aliphatic heterocycles. The Morgan fingerprint density at radius 1 is 1.09 bits per heavy atom. The molecule has 0 radical (unpaired) electrons. The lowest BCUT2D eigenvalue weighted by Gasteiger charge is -2.18. The summed E-state index contributed by atoms with van der Waals surface area (Å²) >= 11 is 0. The third-order valence-corrected chi connectivity index (χ3v) is 2.19. The van der Waals surface area contributed by atoms with E-state index in [0.717, 1.165) is 12.8 Å². The summed E-state index contributed by atoms with van der Waals surface area (Å²) < 4.78 is 0. The fourth-order valence-electron chi connectivity index (χ4n) is 1.38. The molecule has 0 aromatic heterocycles. The zero-order chi connectivity index (χ0) is 7.84. The molecule has 1 aliphatic carbocycles. The molecule has 11 heavy (non-hydrogen) atoms. The van der Waals surface area contributed by atoms with Crippen LogP contribution >= 0.6 is 0 Å². The molecule has 0 heterocycles. The van der Waals surface area contributed by atoms with Crippen molar-refractivity contribution in [3.05, 3.63) is 29.3 Å². The molecule has 1 aliphatic rings. The third kappa shape index (κ3) is 1.06. The van der Waals surface area contributed by atoms with E-state index in [0.29, 0.717) is 5.46 Å². The van der Waals surface area contributed by atoms with E-state index in [1.807, 2.05) is 12.1 Å². The van der Waals surface area contributed by atoms with Crippen molar-refractivity contribution in [3.63, 3.8) is 0 Å².